The number of ether oxygens (including phenoxy) is 1. The molecule has 2 unspecified atom stereocenters. The molecule has 0 spiro atoms. The number of hydrogen-bond donors (Lipinski definition) is 1. The normalized spacial score (nSPS) is 31.5. The minimum absolute atomic E-state index is 0.519. The van der Waals surface area contributed by atoms with Crippen LogP contribution in [0.1, 0.15) is 32.1 Å². The smallest absolute Gasteiger partial charge is 0.0574 e. The van der Waals surface area contributed by atoms with E-state index in [0.717, 1.165) is 12.5 Å². The van der Waals surface area contributed by atoms with Gasteiger partial charge in [-0.1, -0.05) is 12.8 Å². The van der Waals surface area contributed by atoms with Crippen LogP contribution in [0.5, 0.6) is 0 Å². The Hall–Kier alpha value is -0.0800. The van der Waals surface area contributed by atoms with Gasteiger partial charge in [-0.05, 0) is 38.8 Å². The molecule has 0 heterocycles. The van der Waals surface area contributed by atoms with Crippen LogP contribution in [-0.2, 0) is 4.74 Å². The fourth-order valence-electron chi connectivity index (χ4n) is 2.10. The third-order valence-electron chi connectivity index (χ3n) is 2.81. The fraction of sp³-hybridized carbons (Fsp3) is 1.00. The molecule has 0 bridgehead atoms. The zero-order chi connectivity index (χ0) is 8.81. The lowest BCUT2D eigenvalue weighted by Crippen LogP contribution is -2.22. The average Bonchev–Trinajstić information content (AvgIpc) is 2.30. The molecule has 2 atom stereocenters. The number of methoxy groups -OCH3 is 1. The summed E-state index contributed by atoms with van der Waals surface area (Å²) >= 11 is 0. The molecule has 1 fully saturated rings. The van der Waals surface area contributed by atoms with Crippen molar-refractivity contribution in [2.24, 2.45) is 5.92 Å². The summed E-state index contributed by atoms with van der Waals surface area (Å²) in [5.41, 5.74) is 0. The highest BCUT2D eigenvalue weighted by atomic mass is 16.5. The molecule has 0 aromatic carbocycles. The zero-order valence-corrected chi connectivity index (χ0v) is 8.31. The van der Waals surface area contributed by atoms with E-state index in [-0.39, 0.29) is 0 Å². The highest BCUT2D eigenvalue weighted by Gasteiger charge is 2.18. The first kappa shape index (κ1) is 10.0. The van der Waals surface area contributed by atoms with Gasteiger partial charge in [0.2, 0.25) is 0 Å². The van der Waals surface area contributed by atoms with Gasteiger partial charge < -0.3 is 10.1 Å². The van der Waals surface area contributed by atoms with Gasteiger partial charge in [0.05, 0.1) is 6.10 Å². The maximum Gasteiger partial charge on any atom is 0.0574 e. The summed E-state index contributed by atoms with van der Waals surface area (Å²) in [5.74, 6) is 0.836. The summed E-state index contributed by atoms with van der Waals surface area (Å²) in [6.07, 6.45) is 7.13. The van der Waals surface area contributed by atoms with Crippen molar-refractivity contribution in [3.63, 3.8) is 0 Å². The largest absolute Gasteiger partial charge is 0.381 e. The first-order chi connectivity index (χ1) is 5.86. The van der Waals surface area contributed by atoms with E-state index in [4.69, 9.17) is 4.74 Å². The molecule has 0 aliphatic heterocycles. The van der Waals surface area contributed by atoms with Crippen molar-refractivity contribution in [1.29, 1.82) is 0 Å². The van der Waals surface area contributed by atoms with E-state index in [2.05, 4.69) is 5.32 Å². The van der Waals surface area contributed by atoms with Gasteiger partial charge in [0.25, 0.3) is 0 Å². The van der Waals surface area contributed by atoms with E-state index in [9.17, 15) is 0 Å². The van der Waals surface area contributed by atoms with Crippen LogP contribution in [0.25, 0.3) is 0 Å². The molecule has 0 amide bonds. The van der Waals surface area contributed by atoms with Crippen LogP contribution >= 0.6 is 0 Å². The molecular formula is C10H21NO. The lowest BCUT2D eigenvalue weighted by atomic mass is 9.99. The molecule has 1 aliphatic rings. The summed E-state index contributed by atoms with van der Waals surface area (Å²) in [7, 11) is 3.87. The minimum Gasteiger partial charge on any atom is -0.381 e. The maximum absolute atomic E-state index is 5.42. The van der Waals surface area contributed by atoms with Gasteiger partial charge in [0.1, 0.15) is 0 Å². The third-order valence-corrected chi connectivity index (χ3v) is 2.81. The summed E-state index contributed by atoms with van der Waals surface area (Å²) < 4.78 is 5.42. The van der Waals surface area contributed by atoms with E-state index in [1.54, 1.807) is 0 Å². The van der Waals surface area contributed by atoms with Crippen LogP contribution in [0.15, 0.2) is 0 Å². The molecule has 2 nitrogen and oxygen atoms in total. The predicted molar refractivity (Wildman–Crippen MR) is 51.3 cm³/mol. The Morgan fingerprint density at radius 1 is 1.33 bits per heavy atom. The second-order valence-electron chi connectivity index (χ2n) is 3.80. The number of nitrogens with one attached hydrogen (secondary N) is 1. The van der Waals surface area contributed by atoms with Crippen molar-refractivity contribution in [3.05, 3.63) is 0 Å². The standard InChI is InChI=1S/C10H21NO/c1-11-8-9-5-3-4-6-10(7-9)12-2/h9-11H,3-8H2,1-2H3. The van der Waals surface area contributed by atoms with Gasteiger partial charge in [0.15, 0.2) is 0 Å². The SMILES string of the molecule is CNCC1CCCCC(OC)C1. The molecule has 0 aromatic heterocycles. The Morgan fingerprint density at radius 2 is 2.08 bits per heavy atom. The Morgan fingerprint density at radius 3 is 2.75 bits per heavy atom. The average molecular weight is 171 g/mol. The third kappa shape index (κ3) is 3.11. The van der Waals surface area contributed by atoms with Crippen molar-refractivity contribution in [1.82, 2.24) is 5.32 Å². The first-order valence-corrected chi connectivity index (χ1v) is 5.04. The molecule has 0 aromatic rings. The monoisotopic (exact) mass is 171 g/mol. The quantitative estimate of drug-likeness (QED) is 0.654. The second-order valence-corrected chi connectivity index (χ2v) is 3.80. The predicted octanol–water partition coefficient (Wildman–Crippen LogP) is 1.80. The Kier molecular flexibility index (Phi) is 4.62. The summed E-state index contributed by atoms with van der Waals surface area (Å²) in [6, 6.07) is 0. The van der Waals surface area contributed by atoms with Crippen LogP contribution < -0.4 is 5.32 Å². The number of hydrogen-bond acceptors (Lipinski definition) is 2. The Balaban J connectivity index is 2.31. The summed E-state index contributed by atoms with van der Waals surface area (Å²) in [6.45, 7) is 1.15. The van der Waals surface area contributed by atoms with Gasteiger partial charge in [-0.3, -0.25) is 0 Å². The summed E-state index contributed by atoms with van der Waals surface area (Å²) in [5, 5.41) is 3.25. The van der Waals surface area contributed by atoms with Gasteiger partial charge >= 0.3 is 0 Å². The maximum atomic E-state index is 5.42. The molecule has 1 saturated carbocycles. The van der Waals surface area contributed by atoms with Gasteiger partial charge in [-0.25, -0.2) is 0 Å². The molecule has 0 saturated heterocycles. The van der Waals surface area contributed by atoms with Gasteiger partial charge in [-0.15, -0.1) is 0 Å². The van der Waals surface area contributed by atoms with Crippen molar-refractivity contribution in [2.45, 2.75) is 38.2 Å². The first-order valence-electron chi connectivity index (χ1n) is 5.04. The van der Waals surface area contributed by atoms with Crippen molar-refractivity contribution < 1.29 is 4.74 Å². The minimum atomic E-state index is 0.519. The highest BCUT2D eigenvalue weighted by Crippen LogP contribution is 2.24. The van der Waals surface area contributed by atoms with Gasteiger partial charge in [0, 0.05) is 7.11 Å². The van der Waals surface area contributed by atoms with Crippen molar-refractivity contribution in [3.8, 4) is 0 Å². The molecule has 2 heteroatoms. The van der Waals surface area contributed by atoms with Crippen molar-refractivity contribution in [2.75, 3.05) is 20.7 Å². The Labute approximate surface area is 75.7 Å². The van der Waals surface area contributed by atoms with Crippen LogP contribution in [0.4, 0.5) is 0 Å². The molecule has 0 radical (unpaired) electrons. The lowest BCUT2D eigenvalue weighted by Gasteiger charge is -2.18. The van der Waals surface area contributed by atoms with Crippen LogP contribution in [0.2, 0.25) is 0 Å². The number of rotatable bonds is 3. The molecule has 72 valence electrons. The fourth-order valence-corrected chi connectivity index (χ4v) is 2.10. The molecule has 12 heavy (non-hydrogen) atoms. The van der Waals surface area contributed by atoms with Crippen molar-refractivity contribution >= 4 is 0 Å². The lowest BCUT2D eigenvalue weighted by molar-refractivity contribution is 0.0792. The van der Waals surface area contributed by atoms with E-state index >= 15 is 0 Å². The van der Waals surface area contributed by atoms with Gasteiger partial charge in [-0.2, -0.15) is 0 Å². The highest BCUT2D eigenvalue weighted by molar-refractivity contribution is 4.72. The van der Waals surface area contributed by atoms with Crippen LogP contribution in [-0.4, -0.2) is 26.8 Å². The molecule has 1 rings (SSSR count). The Bertz CT molecular complexity index is 116. The topological polar surface area (TPSA) is 21.3 Å². The van der Waals surface area contributed by atoms with E-state index in [1.807, 2.05) is 14.2 Å². The second kappa shape index (κ2) is 5.55. The van der Waals surface area contributed by atoms with Crippen LogP contribution in [0.3, 0.4) is 0 Å². The van der Waals surface area contributed by atoms with E-state index in [0.29, 0.717) is 6.10 Å². The van der Waals surface area contributed by atoms with E-state index in [1.165, 1.54) is 32.1 Å². The molecule has 1 aliphatic carbocycles. The molecule has 1 N–H and O–H groups in total. The van der Waals surface area contributed by atoms with Crippen LogP contribution in [0, 0.1) is 5.92 Å². The van der Waals surface area contributed by atoms with E-state index < -0.39 is 0 Å². The summed E-state index contributed by atoms with van der Waals surface area (Å²) in [4.78, 5) is 0. The zero-order valence-electron chi connectivity index (χ0n) is 8.31. The molecular weight excluding hydrogens is 150 g/mol.